The van der Waals surface area contributed by atoms with Crippen LogP contribution in [0, 0.1) is 6.92 Å². The van der Waals surface area contributed by atoms with Crippen molar-refractivity contribution >= 4 is 11.8 Å². The van der Waals surface area contributed by atoms with Crippen LogP contribution in [0.2, 0.25) is 0 Å². The summed E-state index contributed by atoms with van der Waals surface area (Å²) < 4.78 is 11.7. The summed E-state index contributed by atoms with van der Waals surface area (Å²) in [7, 11) is 0. The van der Waals surface area contributed by atoms with E-state index >= 15 is 0 Å². The highest BCUT2D eigenvalue weighted by Crippen LogP contribution is 2.26. The molecule has 1 heterocycles. The molecule has 1 aromatic heterocycles. The van der Waals surface area contributed by atoms with E-state index in [4.69, 9.17) is 9.26 Å². The van der Waals surface area contributed by atoms with Gasteiger partial charge in [-0.3, -0.25) is 9.59 Å². The van der Waals surface area contributed by atoms with Crippen LogP contribution in [0.25, 0.3) is 11.1 Å². The van der Waals surface area contributed by atoms with Crippen molar-refractivity contribution in [3.63, 3.8) is 0 Å². The summed E-state index contributed by atoms with van der Waals surface area (Å²) >= 11 is 0. The van der Waals surface area contributed by atoms with Gasteiger partial charge in [0.05, 0.1) is 6.54 Å². The van der Waals surface area contributed by atoms with Crippen molar-refractivity contribution in [3.8, 4) is 16.9 Å². The second kappa shape index (κ2) is 11.9. The molecule has 4 rings (SSSR count). The van der Waals surface area contributed by atoms with E-state index in [1.165, 1.54) is 6.92 Å². The smallest absolute Gasteiger partial charge is 0.440 e. The minimum Gasteiger partial charge on any atom is -0.489 e. The molecule has 2 amide bonds. The zero-order chi connectivity index (χ0) is 27.1. The van der Waals surface area contributed by atoms with E-state index in [0.717, 1.165) is 32.6 Å². The first kappa shape index (κ1) is 26.2. The maximum absolute atomic E-state index is 12.4. The van der Waals surface area contributed by atoms with Crippen molar-refractivity contribution in [1.29, 1.82) is 0 Å². The second-order valence-corrected chi connectivity index (χ2v) is 8.75. The number of aryl methyl sites for hydroxylation is 1. The number of hydrogen-bond acceptors (Lipinski definition) is 6. The molecule has 0 spiro atoms. The molecule has 38 heavy (non-hydrogen) atoms. The van der Waals surface area contributed by atoms with Crippen molar-refractivity contribution in [3.05, 3.63) is 110 Å². The molecule has 0 saturated carbocycles. The predicted octanol–water partition coefficient (Wildman–Crippen LogP) is 2.60. The summed E-state index contributed by atoms with van der Waals surface area (Å²) in [5.74, 6) is -0.455. The van der Waals surface area contributed by atoms with E-state index in [1.54, 1.807) is 30.3 Å². The Morgan fingerprint density at radius 2 is 1.71 bits per heavy atom. The fraction of sp³-hybridized carbons (Fsp3) is 0.214. The van der Waals surface area contributed by atoms with Crippen molar-refractivity contribution in [2.24, 2.45) is 0 Å². The number of H-pyrrole nitrogens is 1. The third kappa shape index (κ3) is 6.88. The van der Waals surface area contributed by atoms with Crippen LogP contribution >= 0.6 is 0 Å². The van der Waals surface area contributed by atoms with Gasteiger partial charge in [0.2, 0.25) is 5.91 Å². The molecule has 0 saturated heterocycles. The number of nitrogens with one attached hydrogen (secondary N) is 3. The van der Waals surface area contributed by atoms with Gasteiger partial charge in [-0.15, -0.1) is 4.74 Å². The minimum atomic E-state index is -0.788. The van der Waals surface area contributed by atoms with E-state index in [9.17, 15) is 19.2 Å². The summed E-state index contributed by atoms with van der Waals surface area (Å²) in [6, 6.07) is 20.7. The van der Waals surface area contributed by atoms with Crippen molar-refractivity contribution in [1.82, 2.24) is 20.4 Å². The van der Waals surface area contributed by atoms with E-state index in [1.807, 2.05) is 48.3 Å². The van der Waals surface area contributed by atoms with E-state index in [2.05, 4.69) is 10.6 Å². The topological polar surface area (TPSA) is 135 Å². The molecule has 0 radical (unpaired) electrons. The van der Waals surface area contributed by atoms with Crippen molar-refractivity contribution in [2.45, 2.75) is 27.0 Å². The van der Waals surface area contributed by atoms with Crippen LogP contribution in [0.15, 0.2) is 80.8 Å². The Kier molecular flexibility index (Phi) is 8.22. The third-order valence-electron chi connectivity index (χ3n) is 5.79. The summed E-state index contributed by atoms with van der Waals surface area (Å²) in [4.78, 5) is 48.1. The average molecular weight is 517 g/mol. The molecule has 0 unspecified atom stereocenters. The Hall–Kier alpha value is -4.86. The van der Waals surface area contributed by atoms with Gasteiger partial charge in [0.1, 0.15) is 12.4 Å². The summed E-state index contributed by atoms with van der Waals surface area (Å²) in [5, 5.41) is 5.44. The van der Waals surface area contributed by atoms with Gasteiger partial charge >= 0.3 is 11.4 Å². The van der Waals surface area contributed by atoms with Gasteiger partial charge in [-0.1, -0.05) is 36.4 Å². The molecule has 10 heteroatoms. The Morgan fingerprint density at radius 3 is 2.39 bits per heavy atom. The van der Waals surface area contributed by atoms with Gasteiger partial charge < -0.3 is 19.9 Å². The highest BCUT2D eigenvalue weighted by Gasteiger charge is 2.10. The quantitative estimate of drug-likeness (QED) is 0.277. The lowest BCUT2D eigenvalue weighted by Crippen LogP contribution is -2.33. The fourth-order valence-corrected chi connectivity index (χ4v) is 3.92. The Labute approximate surface area is 218 Å². The minimum absolute atomic E-state index is 0.134. The van der Waals surface area contributed by atoms with Crippen LogP contribution < -0.4 is 26.8 Å². The number of carbonyl (C=O) groups is 2. The van der Waals surface area contributed by atoms with Gasteiger partial charge in [0.15, 0.2) is 0 Å². The highest BCUT2D eigenvalue weighted by atomic mass is 16.5. The molecule has 0 fully saturated rings. The van der Waals surface area contributed by atoms with Gasteiger partial charge in [0.25, 0.3) is 5.91 Å². The molecule has 0 bridgehead atoms. The van der Waals surface area contributed by atoms with Crippen LogP contribution in [-0.2, 0) is 17.9 Å². The standard InChI is InChI=1S/C28H28N4O6/c1-18-14-23(26(34)30-13-12-29-19(2)33)8-11-25(18)22-5-3-4-21(15-22)17-37-24-9-6-20(7-10-24)16-32-27(35)31-28(36)38-32/h3-11,14-15H,12-13,16-17H2,1-2H3,(H,29,33)(H,30,34)(H,31,35,36). The number of nitrogens with zero attached hydrogens (tertiary/aromatic N) is 1. The molecular weight excluding hydrogens is 488 g/mol. The maximum Gasteiger partial charge on any atom is 0.440 e. The van der Waals surface area contributed by atoms with Crippen LogP contribution in [0.1, 0.15) is 34.0 Å². The molecule has 0 aliphatic rings. The zero-order valence-electron chi connectivity index (χ0n) is 21.1. The van der Waals surface area contributed by atoms with Gasteiger partial charge in [-0.2, -0.15) is 0 Å². The van der Waals surface area contributed by atoms with Crippen molar-refractivity contribution < 1.29 is 18.8 Å². The number of carbonyl (C=O) groups excluding carboxylic acids is 2. The van der Waals surface area contributed by atoms with Gasteiger partial charge in [-0.05, 0) is 65.1 Å². The normalized spacial score (nSPS) is 10.7. The second-order valence-electron chi connectivity index (χ2n) is 8.75. The molecular formula is C28H28N4O6. The highest BCUT2D eigenvalue weighted by molar-refractivity contribution is 5.95. The van der Waals surface area contributed by atoms with Crippen LogP contribution in [0.4, 0.5) is 0 Å². The molecule has 4 aromatic rings. The number of aromatic nitrogens is 2. The van der Waals surface area contributed by atoms with Crippen molar-refractivity contribution in [2.75, 3.05) is 13.1 Å². The number of aromatic amines is 1. The van der Waals surface area contributed by atoms with Gasteiger partial charge in [0, 0.05) is 25.6 Å². The molecule has 0 aliphatic heterocycles. The monoisotopic (exact) mass is 516 g/mol. The average Bonchev–Trinajstić information content (AvgIpc) is 3.22. The molecule has 10 nitrogen and oxygen atoms in total. The Morgan fingerprint density at radius 1 is 0.947 bits per heavy atom. The lowest BCUT2D eigenvalue weighted by Gasteiger charge is -2.12. The first-order chi connectivity index (χ1) is 18.3. The Bertz CT molecular complexity index is 1550. The SMILES string of the molecule is CC(=O)NCCNC(=O)c1ccc(-c2cccc(COc3ccc(Cn4oc(=O)[nH]c4=O)cc3)c2)c(C)c1. The molecule has 3 aromatic carbocycles. The first-order valence-electron chi connectivity index (χ1n) is 12.0. The molecule has 3 N–H and O–H groups in total. The lowest BCUT2D eigenvalue weighted by atomic mass is 9.97. The molecule has 0 atom stereocenters. The lowest BCUT2D eigenvalue weighted by molar-refractivity contribution is -0.118. The summed E-state index contributed by atoms with van der Waals surface area (Å²) in [5.41, 5.74) is 4.71. The Balaban J connectivity index is 1.36. The number of rotatable bonds is 10. The van der Waals surface area contributed by atoms with E-state index in [0.29, 0.717) is 31.0 Å². The number of hydrogen-bond donors (Lipinski definition) is 3. The molecule has 196 valence electrons. The van der Waals surface area contributed by atoms with Crippen LogP contribution in [-0.4, -0.2) is 34.6 Å². The zero-order valence-corrected chi connectivity index (χ0v) is 21.1. The van der Waals surface area contributed by atoms with E-state index < -0.39 is 11.4 Å². The molecule has 0 aliphatic carbocycles. The number of ether oxygens (including phenoxy) is 1. The summed E-state index contributed by atoms with van der Waals surface area (Å²) in [6.07, 6.45) is 0. The van der Waals surface area contributed by atoms with Crippen LogP contribution in [0.5, 0.6) is 5.75 Å². The largest absolute Gasteiger partial charge is 0.489 e. The van der Waals surface area contributed by atoms with E-state index in [-0.39, 0.29) is 18.4 Å². The third-order valence-corrected chi connectivity index (χ3v) is 5.79. The number of benzene rings is 3. The maximum atomic E-state index is 12.4. The number of amides is 2. The first-order valence-corrected chi connectivity index (χ1v) is 12.0. The summed E-state index contributed by atoms with van der Waals surface area (Å²) in [6.45, 7) is 4.62. The van der Waals surface area contributed by atoms with Crippen LogP contribution in [0.3, 0.4) is 0 Å². The fourth-order valence-electron chi connectivity index (χ4n) is 3.92. The predicted molar refractivity (Wildman–Crippen MR) is 141 cm³/mol. The van der Waals surface area contributed by atoms with Gasteiger partial charge in [-0.25, -0.2) is 14.6 Å².